The molecule has 0 amide bonds. The van der Waals surface area contributed by atoms with Crippen molar-refractivity contribution in [3.05, 3.63) is 82.5 Å². The maximum Gasteiger partial charge on any atom is 0.416 e. The predicted molar refractivity (Wildman–Crippen MR) is 93.4 cm³/mol. The number of fused-ring (bicyclic) bond motifs is 3. The molecule has 132 valence electrons. The van der Waals surface area contributed by atoms with E-state index in [1.165, 1.54) is 7.11 Å². The molecule has 0 bridgehead atoms. The third kappa shape index (κ3) is 2.46. The molecule has 0 N–H and O–H groups in total. The third-order valence-corrected chi connectivity index (χ3v) is 4.74. The fourth-order valence-electron chi connectivity index (χ4n) is 3.76. The van der Waals surface area contributed by atoms with Crippen LogP contribution in [0.5, 0.6) is 5.75 Å². The first-order valence-corrected chi connectivity index (χ1v) is 8.22. The standard InChI is InChI=1S/C21H16F3NO/c1-12-11-15(21(22,23)24)19-17(13-7-4-3-5-8-13)18-14(20(19)25-12)9-6-10-16(18)26-2/h3-11,17H,1-2H3. The van der Waals surface area contributed by atoms with Gasteiger partial charge in [0.2, 0.25) is 0 Å². The number of hydrogen-bond acceptors (Lipinski definition) is 2. The second-order valence-corrected chi connectivity index (χ2v) is 6.34. The van der Waals surface area contributed by atoms with Crippen LogP contribution in [0.15, 0.2) is 54.6 Å². The lowest BCUT2D eigenvalue weighted by molar-refractivity contribution is -0.138. The van der Waals surface area contributed by atoms with Crippen LogP contribution in [0.2, 0.25) is 0 Å². The molecule has 0 saturated carbocycles. The first-order chi connectivity index (χ1) is 12.4. The number of hydrogen-bond donors (Lipinski definition) is 0. The molecule has 0 saturated heterocycles. The van der Waals surface area contributed by atoms with E-state index in [2.05, 4.69) is 4.98 Å². The number of alkyl halides is 3. The number of nitrogens with zero attached hydrogens (tertiary/aromatic N) is 1. The summed E-state index contributed by atoms with van der Waals surface area (Å²) in [7, 11) is 1.53. The Bertz CT molecular complexity index is 981. The van der Waals surface area contributed by atoms with Crippen molar-refractivity contribution in [3.8, 4) is 17.0 Å². The second kappa shape index (κ2) is 5.87. The molecular formula is C21H16F3NO. The van der Waals surface area contributed by atoms with E-state index in [1.807, 2.05) is 36.4 Å². The van der Waals surface area contributed by atoms with Crippen LogP contribution >= 0.6 is 0 Å². The lowest BCUT2D eigenvalue weighted by Gasteiger charge is -2.20. The number of halogens is 3. The van der Waals surface area contributed by atoms with Crippen molar-refractivity contribution in [2.24, 2.45) is 0 Å². The molecule has 1 aliphatic carbocycles. The molecule has 3 aromatic rings. The fourth-order valence-corrected chi connectivity index (χ4v) is 3.76. The van der Waals surface area contributed by atoms with Gasteiger partial charge in [-0.2, -0.15) is 13.2 Å². The van der Waals surface area contributed by atoms with Crippen LogP contribution < -0.4 is 4.74 Å². The number of pyridine rings is 1. The number of ether oxygens (including phenoxy) is 1. The van der Waals surface area contributed by atoms with Gasteiger partial charge in [0.1, 0.15) is 5.75 Å². The fraction of sp³-hybridized carbons (Fsp3) is 0.190. The van der Waals surface area contributed by atoms with Crippen molar-refractivity contribution in [2.45, 2.75) is 19.0 Å². The van der Waals surface area contributed by atoms with Gasteiger partial charge in [0.05, 0.1) is 18.4 Å². The minimum atomic E-state index is -4.46. The van der Waals surface area contributed by atoms with Gasteiger partial charge in [-0.15, -0.1) is 0 Å². The van der Waals surface area contributed by atoms with Crippen LogP contribution in [-0.2, 0) is 6.18 Å². The van der Waals surface area contributed by atoms with Crippen LogP contribution in [0.4, 0.5) is 13.2 Å². The molecule has 1 heterocycles. The Balaban J connectivity index is 2.12. The van der Waals surface area contributed by atoms with E-state index >= 15 is 0 Å². The van der Waals surface area contributed by atoms with Gasteiger partial charge in [-0.05, 0) is 24.6 Å². The van der Waals surface area contributed by atoms with Crippen molar-refractivity contribution in [2.75, 3.05) is 7.11 Å². The van der Waals surface area contributed by atoms with E-state index in [9.17, 15) is 13.2 Å². The topological polar surface area (TPSA) is 22.1 Å². The van der Waals surface area contributed by atoms with Crippen LogP contribution in [0.1, 0.15) is 33.9 Å². The van der Waals surface area contributed by atoms with E-state index < -0.39 is 17.7 Å². The highest BCUT2D eigenvalue weighted by Crippen LogP contribution is 2.54. The number of aryl methyl sites for hydroxylation is 1. The second-order valence-electron chi connectivity index (χ2n) is 6.34. The smallest absolute Gasteiger partial charge is 0.416 e. The lowest BCUT2D eigenvalue weighted by Crippen LogP contribution is -2.13. The molecule has 5 heteroatoms. The van der Waals surface area contributed by atoms with Crippen molar-refractivity contribution >= 4 is 0 Å². The van der Waals surface area contributed by atoms with Crippen LogP contribution in [0.25, 0.3) is 11.3 Å². The van der Waals surface area contributed by atoms with Crippen LogP contribution in [0, 0.1) is 6.92 Å². The monoisotopic (exact) mass is 355 g/mol. The van der Waals surface area contributed by atoms with Gasteiger partial charge < -0.3 is 4.74 Å². The minimum absolute atomic E-state index is 0.203. The van der Waals surface area contributed by atoms with Crippen molar-refractivity contribution in [1.82, 2.24) is 4.98 Å². The minimum Gasteiger partial charge on any atom is -0.496 e. The van der Waals surface area contributed by atoms with Gasteiger partial charge in [-0.25, -0.2) is 0 Å². The molecule has 1 aromatic heterocycles. The summed E-state index contributed by atoms with van der Waals surface area (Å²) >= 11 is 0. The summed E-state index contributed by atoms with van der Waals surface area (Å²) in [6, 6.07) is 15.7. The Morgan fingerprint density at radius 3 is 2.35 bits per heavy atom. The van der Waals surface area contributed by atoms with Crippen molar-refractivity contribution in [3.63, 3.8) is 0 Å². The highest BCUT2D eigenvalue weighted by atomic mass is 19.4. The summed E-state index contributed by atoms with van der Waals surface area (Å²) in [5.74, 6) is 0.00204. The maximum absolute atomic E-state index is 13.9. The van der Waals surface area contributed by atoms with Crippen LogP contribution in [-0.4, -0.2) is 12.1 Å². The summed E-state index contributed by atoms with van der Waals surface area (Å²) in [5, 5.41) is 0. The van der Waals surface area contributed by atoms with E-state index in [0.717, 1.165) is 17.2 Å². The molecule has 1 aliphatic rings. The largest absolute Gasteiger partial charge is 0.496 e. The molecule has 0 aliphatic heterocycles. The van der Waals surface area contributed by atoms with Gasteiger partial charge in [0.15, 0.2) is 0 Å². The summed E-state index contributed by atoms with van der Waals surface area (Å²) in [4.78, 5) is 4.46. The summed E-state index contributed by atoms with van der Waals surface area (Å²) in [5.41, 5.74) is 2.52. The van der Waals surface area contributed by atoms with Gasteiger partial charge in [0, 0.05) is 28.3 Å². The van der Waals surface area contributed by atoms with Gasteiger partial charge in [-0.3, -0.25) is 4.98 Å². The average Bonchev–Trinajstić information content (AvgIpc) is 2.95. The Kier molecular flexibility index (Phi) is 3.75. The molecule has 1 unspecified atom stereocenters. The molecular weight excluding hydrogens is 339 g/mol. The highest BCUT2D eigenvalue weighted by Gasteiger charge is 2.43. The molecule has 4 rings (SSSR count). The highest BCUT2D eigenvalue weighted by molar-refractivity contribution is 5.82. The van der Waals surface area contributed by atoms with Crippen LogP contribution in [0.3, 0.4) is 0 Å². The zero-order valence-electron chi connectivity index (χ0n) is 14.3. The summed E-state index contributed by atoms with van der Waals surface area (Å²) in [6.45, 7) is 1.59. The Morgan fingerprint density at radius 2 is 1.69 bits per heavy atom. The van der Waals surface area contributed by atoms with Crippen molar-refractivity contribution < 1.29 is 17.9 Å². The molecule has 2 nitrogen and oxygen atoms in total. The molecule has 2 aromatic carbocycles. The van der Waals surface area contributed by atoms with Gasteiger partial charge >= 0.3 is 6.18 Å². The van der Waals surface area contributed by atoms with E-state index in [4.69, 9.17) is 4.74 Å². The first-order valence-electron chi connectivity index (χ1n) is 8.22. The lowest BCUT2D eigenvalue weighted by atomic mass is 9.86. The maximum atomic E-state index is 13.9. The van der Waals surface area contributed by atoms with Crippen molar-refractivity contribution in [1.29, 1.82) is 0 Å². The number of methoxy groups -OCH3 is 1. The third-order valence-electron chi connectivity index (χ3n) is 4.74. The number of aromatic nitrogens is 1. The zero-order valence-corrected chi connectivity index (χ0v) is 14.3. The Labute approximate surface area is 149 Å². The SMILES string of the molecule is COc1cccc2c1C(c1ccccc1)c1c(C(F)(F)F)cc(C)nc1-2. The molecule has 0 fully saturated rings. The predicted octanol–water partition coefficient (Wildman–Crippen LogP) is 5.58. The molecule has 26 heavy (non-hydrogen) atoms. The Morgan fingerprint density at radius 1 is 0.962 bits per heavy atom. The summed E-state index contributed by atoms with van der Waals surface area (Å²) < 4.78 is 47.1. The van der Waals surface area contributed by atoms with E-state index in [1.54, 1.807) is 19.1 Å². The molecule has 0 radical (unpaired) electrons. The van der Waals surface area contributed by atoms with E-state index in [-0.39, 0.29) is 5.56 Å². The number of rotatable bonds is 2. The summed E-state index contributed by atoms with van der Waals surface area (Å²) in [6.07, 6.45) is -4.46. The normalized spacial score (nSPS) is 15.5. The van der Waals surface area contributed by atoms with Gasteiger partial charge in [0.25, 0.3) is 0 Å². The van der Waals surface area contributed by atoms with E-state index in [0.29, 0.717) is 22.7 Å². The number of benzene rings is 2. The quantitative estimate of drug-likeness (QED) is 0.468. The average molecular weight is 355 g/mol. The van der Waals surface area contributed by atoms with Gasteiger partial charge in [-0.1, -0.05) is 42.5 Å². The Hall–Kier alpha value is -2.82. The molecule has 1 atom stereocenters. The first kappa shape index (κ1) is 16.6. The molecule has 0 spiro atoms. The zero-order chi connectivity index (χ0) is 18.5.